The van der Waals surface area contributed by atoms with Crippen molar-refractivity contribution in [2.24, 2.45) is 0 Å². The van der Waals surface area contributed by atoms with E-state index in [2.05, 4.69) is 4.84 Å². The van der Waals surface area contributed by atoms with E-state index in [1.165, 1.54) is 0 Å². The lowest BCUT2D eigenvalue weighted by Crippen LogP contribution is -2.24. The fraction of sp³-hybridized carbons (Fsp3) is 0.500. The van der Waals surface area contributed by atoms with Gasteiger partial charge in [0.15, 0.2) is 0 Å². The van der Waals surface area contributed by atoms with Crippen LogP contribution in [0.1, 0.15) is 6.92 Å². The minimum atomic E-state index is -4.41. The highest BCUT2D eigenvalue weighted by Crippen LogP contribution is 1.73. The molecule has 0 amide bonds. The molecule has 0 aromatic carbocycles. The third-order valence-corrected chi connectivity index (χ3v) is 0.585. The third-order valence-electron chi connectivity index (χ3n) is 0.291. The van der Waals surface area contributed by atoms with E-state index < -0.39 is 16.3 Å². The molecule has 0 aliphatic rings. The lowest BCUT2D eigenvalue weighted by atomic mass is 10.8. The highest BCUT2D eigenvalue weighted by Gasteiger charge is 2.03. The minimum Gasteiger partial charge on any atom is -0.354 e. The molecule has 2 N–H and O–H groups in total. The third kappa shape index (κ3) is 7.34. The Bertz CT molecular complexity index is 193. The first-order valence-corrected chi connectivity index (χ1v) is 3.27. The van der Waals surface area contributed by atoms with E-state index >= 15 is 0 Å². The smallest absolute Gasteiger partial charge is 0.354 e. The normalized spacial score (nSPS) is 10.9. The Kier molecular flexibility index (Phi) is 2.56. The molecule has 0 aliphatic heterocycles. The van der Waals surface area contributed by atoms with Crippen LogP contribution in [0, 0.1) is 0 Å². The lowest BCUT2D eigenvalue weighted by Gasteiger charge is -1.96. The van der Waals surface area contributed by atoms with Crippen LogP contribution in [0.2, 0.25) is 0 Å². The Morgan fingerprint density at radius 3 is 2.22 bits per heavy atom. The van der Waals surface area contributed by atoms with E-state index in [0.717, 1.165) is 11.8 Å². The van der Waals surface area contributed by atoms with Gasteiger partial charge in [0.25, 0.3) is 0 Å². The molecule has 7 heteroatoms. The van der Waals surface area contributed by atoms with Crippen molar-refractivity contribution < 1.29 is 22.6 Å². The monoisotopic (exact) mass is 155 g/mol. The van der Waals surface area contributed by atoms with Gasteiger partial charge >= 0.3 is 16.3 Å². The summed E-state index contributed by atoms with van der Waals surface area (Å²) in [6, 6.07) is 0. The molecule has 0 rings (SSSR count). The van der Waals surface area contributed by atoms with E-state index in [0.29, 0.717) is 0 Å². The van der Waals surface area contributed by atoms with Crippen LogP contribution in [0.4, 0.5) is 0 Å². The average Bonchev–Trinajstić information content (AvgIpc) is 1.59. The Morgan fingerprint density at radius 2 is 2.11 bits per heavy atom. The van der Waals surface area contributed by atoms with Gasteiger partial charge in [-0.2, -0.15) is 8.42 Å². The van der Waals surface area contributed by atoms with Crippen molar-refractivity contribution in [1.29, 1.82) is 0 Å². The summed E-state index contributed by atoms with van der Waals surface area (Å²) in [5.41, 5.74) is 0. The van der Waals surface area contributed by atoms with Gasteiger partial charge in [0.05, 0.1) is 0 Å². The molecule has 0 aromatic heterocycles. The van der Waals surface area contributed by atoms with Crippen molar-refractivity contribution in [3.05, 3.63) is 0 Å². The topological polar surface area (TPSA) is 92.7 Å². The molecule has 0 spiro atoms. The van der Waals surface area contributed by atoms with Crippen LogP contribution < -0.4 is 4.89 Å². The number of carbonyl (C=O) groups excluding carboxylic acids is 1. The average molecular weight is 155 g/mol. The van der Waals surface area contributed by atoms with Gasteiger partial charge in [0, 0.05) is 6.92 Å². The van der Waals surface area contributed by atoms with Crippen LogP contribution in [0.25, 0.3) is 0 Å². The van der Waals surface area contributed by atoms with Gasteiger partial charge < -0.3 is 4.84 Å². The number of carbonyl (C=O) groups is 1. The Balaban J connectivity index is 3.67. The quantitative estimate of drug-likeness (QED) is 0.388. The van der Waals surface area contributed by atoms with Crippen LogP contribution in [-0.4, -0.2) is 18.9 Å². The van der Waals surface area contributed by atoms with Crippen molar-refractivity contribution in [3.8, 4) is 0 Å². The summed E-state index contributed by atoms with van der Waals surface area (Å²) in [7, 11) is -4.41. The summed E-state index contributed by atoms with van der Waals surface area (Å²) >= 11 is 0. The maximum Gasteiger partial charge on any atom is 0.365 e. The van der Waals surface area contributed by atoms with Crippen molar-refractivity contribution >= 4 is 16.3 Å². The maximum atomic E-state index is 9.83. The molecule has 0 radical (unpaired) electrons. The second-order valence-corrected chi connectivity index (χ2v) is 2.27. The zero-order chi connectivity index (χ0) is 7.49. The molecule has 0 heterocycles. The van der Waals surface area contributed by atoms with Gasteiger partial charge in [0.2, 0.25) is 0 Å². The first-order valence-electron chi connectivity index (χ1n) is 1.83. The van der Waals surface area contributed by atoms with Crippen LogP contribution >= 0.6 is 0 Å². The Labute approximate surface area is 51.6 Å². The molecule has 0 saturated heterocycles. The van der Waals surface area contributed by atoms with Gasteiger partial charge in [0.1, 0.15) is 0 Å². The molecule has 0 aromatic rings. The predicted molar refractivity (Wildman–Crippen MR) is 26.5 cm³/mol. The van der Waals surface area contributed by atoms with E-state index in [4.69, 9.17) is 4.55 Å². The molecule has 0 bridgehead atoms. The molecular formula is C2H5NO5S. The zero-order valence-electron chi connectivity index (χ0n) is 4.49. The summed E-state index contributed by atoms with van der Waals surface area (Å²) < 4.78 is 27.3. The largest absolute Gasteiger partial charge is 0.365 e. The summed E-state index contributed by atoms with van der Waals surface area (Å²) in [6.45, 7) is 0.984. The zero-order valence-corrected chi connectivity index (χ0v) is 5.30. The van der Waals surface area contributed by atoms with Crippen LogP contribution in [0.15, 0.2) is 0 Å². The van der Waals surface area contributed by atoms with Gasteiger partial charge in [-0.3, -0.25) is 9.35 Å². The lowest BCUT2D eigenvalue weighted by molar-refractivity contribution is -0.144. The highest BCUT2D eigenvalue weighted by molar-refractivity contribution is 7.83. The SMILES string of the molecule is CC(=O)ONS(=O)(=O)O. The maximum absolute atomic E-state index is 9.83. The van der Waals surface area contributed by atoms with Crippen LogP contribution in [0.3, 0.4) is 0 Å². The summed E-state index contributed by atoms with van der Waals surface area (Å²) in [5.74, 6) is -0.854. The van der Waals surface area contributed by atoms with Gasteiger partial charge in [-0.1, -0.05) is 0 Å². The standard InChI is InChI=1S/C2H5NO5S/c1-2(4)8-3-9(5,6)7/h3H,1H3,(H,5,6,7). The van der Waals surface area contributed by atoms with E-state index in [9.17, 15) is 13.2 Å². The molecule has 0 unspecified atom stereocenters. The second-order valence-electron chi connectivity index (χ2n) is 1.15. The van der Waals surface area contributed by atoms with Gasteiger partial charge in [-0.25, -0.2) is 0 Å². The second kappa shape index (κ2) is 2.76. The van der Waals surface area contributed by atoms with E-state index in [1.54, 1.807) is 0 Å². The van der Waals surface area contributed by atoms with Crippen molar-refractivity contribution in [2.75, 3.05) is 0 Å². The number of hydrogen-bond acceptors (Lipinski definition) is 4. The van der Waals surface area contributed by atoms with Crippen LogP contribution in [-0.2, 0) is 19.9 Å². The molecule has 9 heavy (non-hydrogen) atoms. The first-order chi connectivity index (χ1) is 3.92. The molecule has 0 fully saturated rings. The minimum absolute atomic E-state index is 0.854. The Morgan fingerprint density at radius 1 is 1.67 bits per heavy atom. The number of nitrogens with one attached hydrogen (secondary N) is 1. The predicted octanol–water partition coefficient (Wildman–Crippen LogP) is -1.14. The fourth-order valence-electron chi connectivity index (χ4n) is 0.111. The first kappa shape index (κ1) is 8.34. The van der Waals surface area contributed by atoms with Crippen LogP contribution in [0.5, 0.6) is 0 Å². The highest BCUT2D eigenvalue weighted by atomic mass is 32.2. The molecular weight excluding hydrogens is 150 g/mol. The van der Waals surface area contributed by atoms with Gasteiger partial charge in [-0.15, -0.1) is 0 Å². The molecule has 0 aliphatic carbocycles. The number of rotatable bonds is 2. The molecule has 6 nitrogen and oxygen atoms in total. The molecule has 54 valence electrons. The van der Waals surface area contributed by atoms with Crippen molar-refractivity contribution in [1.82, 2.24) is 4.89 Å². The van der Waals surface area contributed by atoms with Gasteiger partial charge in [-0.05, 0) is 4.89 Å². The molecule has 0 atom stereocenters. The number of hydrogen-bond donors (Lipinski definition) is 2. The molecule has 0 saturated carbocycles. The Hall–Kier alpha value is -0.660. The van der Waals surface area contributed by atoms with E-state index in [1.807, 2.05) is 0 Å². The van der Waals surface area contributed by atoms with Crippen molar-refractivity contribution in [3.63, 3.8) is 0 Å². The summed E-state index contributed by atoms with van der Waals surface area (Å²) in [6.07, 6.45) is 0. The summed E-state index contributed by atoms with van der Waals surface area (Å²) in [4.78, 5) is 14.6. The summed E-state index contributed by atoms with van der Waals surface area (Å²) in [5, 5.41) is 0. The van der Waals surface area contributed by atoms with E-state index in [-0.39, 0.29) is 0 Å². The van der Waals surface area contributed by atoms with Crippen molar-refractivity contribution in [2.45, 2.75) is 6.92 Å². The fourth-order valence-corrected chi connectivity index (χ4v) is 0.334.